The molecule has 0 fully saturated rings. The minimum atomic E-state index is -2.52. The molecule has 3 nitrogen and oxygen atoms in total. The highest BCUT2D eigenvalue weighted by molar-refractivity contribution is 6.99. The van der Waals surface area contributed by atoms with E-state index in [1.165, 1.54) is 17.5 Å². The van der Waals surface area contributed by atoms with Crippen molar-refractivity contribution in [2.24, 2.45) is 0 Å². The lowest BCUT2D eigenvalue weighted by Crippen LogP contribution is -2.66. The normalized spacial score (nSPS) is 14.3. The second-order valence-electron chi connectivity index (χ2n) is 8.04. The average molecular weight is 397 g/mol. The Morgan fingerprint density at radius 3 is 1.89 bits per heavy atom. The Kier molecular flexibility index (Phi) is 8.03. The standard InChI is InChI=1S/C24H32O3Si/c1-6-23(26-5)22(25)18-13-19-27-28(24(2,3)4,20-14-9-7-10-15-20)21-16-11-8-12-17-21/h1,7-12,14-17,22-23,25H,13,18-19H2,2-5H3/t22-,23-/m0/s1. The lowest BCUT2D eigenvalue weighted by atomic mass is 10.1. The first-order valence-corrected chi connectivity index (χ1v) is 11.7. The SMILES string of the molecule is C#C[C@H](OC)[C@@H](O)CCCO[Si](c1ccccc1)(c1ccccc1)C(C)(C)C. The van der Waals surface area contributed by atoms with Crippen molar-refractivity contribution in [1.82, 2.24) is 0 Å². The minimum Gasteiger partial charge on any atom is -0.407 e. The molecule has 0 radical (unpaired) electrons. The molecule has 2 rings (SSSR count). The number of aliphatic hydroxyl groups excluding tert-OH is 1. The molecule has 0 aromatic heterocycles. The van der Waals surface area contributed by atoms with Gasteiger partial charge in [0.25, 0.3) is 8.32 Å². The number of aliphatic hydroxyl groups is 1. The van der Waals surface area contributed by atoms with Crippen molar-refractivity contribution in [1.29, 1.82) is 0 Å². The Bertz CT molecular complexity index is 707. The maximum Gasteiger partial charge on any atom is 0.261 e. The minimum absolute atomic E-state index is 0.0534. The number of terminal acetylenes is 1. The van der Waals surface area contributed by atoms with Gasteiger partial charge in [-0.05, 0) is 28.3 Å². The molecule has 2 aromatic rings. The van der Waals surface area contributed by atoms with Crippen LogP contribution in [0.25, 0.3) is 0 Å². The van der Waals surface area contributed by atoms with Crippen LogP contribution in [0.4, 0.5) is 0 Å². The van der Waals surface area contributed by atoms with E-state index >= 15 is 0 Å². The van der Waals surface area contributed by atoms with Gasteiger partial charge in [-0.15, -0.1) is 6.42 Å². The number of hydrogen-bond acceptors (Lipinski definition) is 3. The average Bonchev–Trinajstić information content (AvgIpc) is 2.69. The summed E-state index contributed by atoms with van der Waals surface area (Å²) in [6, 6.07) is 21.1. The van der Waals surface area contributed by atoms with Crippen LogP contribution < -0.4 is 10.4 Å². The van der Waals surface area contributed by atoms with Gasteiger partial charge in [0.05, 0.1) is 6.10 Å². The van der Waals surface area contributed by atoms with Crippen molar-refractivity contribution in [3.8, 4) is 12.3 Å². The van der Waals surface area contributed by atoms with Gasteiger partial charge in [-0.1, -0.05) is 87.4 Å². The van der Waals surface area contributed by atoms with Gasteiger partial charge in [-0.25, -0.2) is 0 Å². The fourth-order valence-electron chi connectivity index (χ4n) is 3.77. The summed E-state index contributed by atoms with van der Waals surface area (Å²) in [6.45, 7) is 7.33. The molecule has 0 saturated carbocycles. The lowest BCUT2D eigenvalue weighted by Gasteiger charge is -2.43. The summed E-state index contributed by atoms with van der Waals surface area (Å²) in [6.07, 6.45) is 5.41. The number of hydrogen-bond donors (Lipinski definition) is 1. The first-order valence-electron chi connectivity index (χ1n) is 9.79. The van der Waals surface area contributed by atoms with Crippen LogP contribution in [-0.2, 0) is 9.16 Å². The molecule has 1 N–H and O–H groups in total. The van der Waals surface area contributed by atoms with Crippen LogP contribution in [-0.4, -0.2) is 39.3 Å². The van der Waals surface area contributed by atoms with Crippen molar-refractivity contribution in [3.05, 3.63) is 60.7 Å². The second kappa shape index (κ2) is 10.0. The smallest absolute Gasteiger partial charge is 0.261 e. The van der Waals surface area contributed by atoms with E-state index < -0.39 is 20.5 Å². The Hall–Kier alpha value is -1.90. The van der Waals surface area contributed by atoms with Gasteiger partial charge in [-0.3, -0.25) is 0 Å². The van der Waals surface area contributed by atoms with Gasteiger partial charge in [0, 0.05) is 13.7 Å². The van der Waals surface area contributed by atoms with Crippen LogP contribution in [0.5, 0.6) is 0 Å². The van der Waals surface area contributed by atoms with Gasteiger partial charge in [-0.2, -0.15) is 0 Å². The Labute approximate surface area is 170 Å². The highest BCUT2D eigenvalue weighted by Crippen LogP contribution is 2.36. The third-order valence-electron chi connectivity index (χ3n) is 5.15. The van der Waals surface area contributed by atoms with Gasteiger partial charge in [0.1, 0.15) is 6.10 Å². The third kappa shape index (κ3) is 4.92. The van der Waals surface area contributed by atoms with Crippen molar-refractivity contribution in [2.45, 2.75) is 50.9 Å². The van der Waals surface area contributed by atoms with Gasteiger partial charge < -0.3 is 14.3 Å². The molecule has 0 aliphatic heterocycles. The van der Waals surface area contributed by atoms with Crippen LogP contribution in [0.1, 0.15) is 33.6 Å². The molecule has 150 valence electrons. The van der Waals surface area contributed by atoms with Gasteiger partial charge >= 0.3 is 0 Å². The van der Waals surface area contributed by atoms with Crippen LogP contribution in [0.3, 0.4) is 0 Å². The van der Waals surface area contributed by atoms with Crippen LogP contribution in [0, 0.1) is 12.3 Å². The van der Waals surface area contributed by atoms with Crippen LogP contribution in [0.2, 0.25) is 5.04 Å². The molecule has 2 atom stereocenters. The molecule has 4 heteroatoms. The van der Waals surface area contributed by atoms with Crippen molar-refractivity contribution < 1.29 is 14.3 Å². The van der Waals surface area contributed by atoms with E-state index in [9.17, 15) is 5.11 Å². The summed E-state index contributed by atoms with van der Waals surface area (Å²) in [5.74, 6) is 2.48. The lowest BCUT2D eigenvalue weighted by molar-refractivity contribution is 0.0154. The molecule has 0 aliphatic rings. The molecule has 0 heterocycles. The molecule has 0 amide bonds. The molecule has 0 saturated heterocycles. The Morgan fingerprint density at radius 2 is 1.50 bits per heavy atom. The quantitative estimate of drug-likeness (QED) is 0.401. The number of ether oxygens (including phenoxy) is 1. The van der Waals surface area contributed by atoms with Crippen LogP contribution >= 0.6 is 0 Å². The highest BCUT2D eigenvalue weighted by atomic mass is 28.4. The predicted molar refractivity (Wildman–Crippen MR) is 118 cm³/mol. The van der Waals surface area contributed by atoms with E-state index in [1.807, 2.05) is 12.1 Å². The van der Waals surface area contributed by atoms with Gasteiger partial charge in [0.15, 0.2) is 0 Å². The first kappa shape index (κ1) is 22.4. The van der Waals surface area contributed by atoms with E-state index in [2.05, 4.69) is 75.2 Å². The molecular weight excluding hydrogens is 364 g/mol. The first-order chi connectivity index (χ1) is 13.4. The maximum absolute atomic E-state index is 10.2. The molecule has 0 unspecified atom stereocenters. The van der Waals surface area contributed by atoms with Crippen LogP contribution in [0.15, 0.2) is 60.7 Å². The number of benzene rings is 2. The third-order valence-corrected chi connectivity index (χ3v) is 10.2. The summed E-state index contributed by atoms with van der Waals surface area (Å²) in [7, 11) is -0.998. The zero-order chi connectivity index (χ0) is 20.6. The molecular formula is C24H32O3Si. The molecule has 0 bridgehead atoms. The molecule has 0 spiro atoms. The largest absolute Gasteiger partial charge is 0.407 e. The van der Waals surface area contributed by atoms with E-state index in [4.69, 9.17) is 15.6 Å². The summed E-state index contributed by atoms with van der Waals surface area (Å²) in [5.41, 5.74) is 0. The summed E-state index contributed by atoms with van der Waals surface area (Å²) in [5, 5.41) is 12.7. The van der Waals surface area contributed by atoms with E-state index in [1.54, 1.807) is 0 Å². The zero-order valence-corrected chi connectivity index (χ0v) is 18.4. The monoisotopic (exact) mass is 396 g/mol. The number of methoxy groups -OCH3 is 1. The van der Waals surface area contributed by atoms with E-state index in [-0.39, 0.29) is 5.04 Å². The predicted octanol–water partition coefficient (Wildman–Crippen LogP) is 3.35. The summed E-state index contributed by atoms with van der Waals surface area (Å²) in [4.78, 5) is 0. The van der Waals surface area contributed by atoms with Gasteiger partial charge in [0.2, 0.25) is 0 Å². The molecule has 28 heavy (non-hydrogen) atoms. The number of rotatable bonds is 9. The fraction of sp³-hybridized carbons (Fsp3) is 0.417. The zero-order valence-electron chi connectivity index (χ0n) is 17.4. The van der Waals surface area contributed by atoms with Crippen molar-refractivity contribution in [2.75, 3.05) is 13.7 Å². The summed E-state index contributed by atoms with van der Waals surface area (Å²) >= 11 is 0. The maximum atomic E-state index is 10.2. The van der Waals surface area contributed by atoms with Crippen molar-refractivity contribution in [3.63, 3.8) is 0 Å². The fourth-order valence-corrected chi connectivity index (χ4v) is 8.37. The summed E-state index contributed by atoms with van der Waals surface area (Å²) < 4.78 is 11.9. The molecule has 0 aliphatic carbocycles. The second-order valence-corrected chi connectivity index (χ2v) is 12.3. The Balaban J connectivity index is 2.29. The Morgan fingerprint density at radius 1 is 1.00 bits per heavy atom. The molecule has 2 aromatic carbocycles. The topological polar surface area (TPSA) is 38.7 Å². The highest BCUT2D eigenvalue weighted by Gasteiger charge is 2.49. The van der Waals surface area contributed by atoms with E-state index in [0.717, 1.165) is 0 Å². The van der Waals surface area contributed by atoms with E-state index in [0.29, 0.717) is 19.4 Å². The van der Waals surface area contributed by atoms with Crippen molar-refractivity contribution >= 4 is 18.7 Å².